The minimum absolute atomic E-state index is 0.118. The molecule has 0 aliphatic carbocycles. The van der Waals surface area contributed by atoms with Crippen molar-refractivity contribution >= 4 is 6.08 Å². The van der Waals surface area contributed by atoms with E-state index in [0.29, 0.717) is 11.5 Å². The summed E-state index contributed by atoms with van der Waals surface area (Å²) in [7, 11) is 0. The van der Waals surface area contributed by atoms with Gasteiger partial charge in [0.05, 0.1) is 5.92 Å². The standard InChI is InChI=1S/C17H16N4O/c1-10(8-12-6-4-3-5-7-12)14-13(9-18)16(19)22-17-15(14)11(2)20-21-17/h3-8,14H,19H2,1-2H3,(H,20,21). The van der Waals surface area contributed by atoms with Crippen molar-refractivity contribution in [2.75, 3.05) is 0 Å². The summed E-state index contributed by atoms with van der Waals surface area (Å²) in [5, 5.41) is 16.5. The van der Waals surface area contributed by atoms with Crippen molar-refractivity contribution in [2.24, 2.45) is 5.73 Å². The molecule has 1 aliphatic rings. The first-order valence-electron chi connectivity index (χ1n) is 6.97. The van der Waals surface area contributed by atoms with Gasteiger partial charge in [0, 0.05) is 11.3 Å². The number of nitrogens with zero attached hydrogens (tertiary/aromatic N) is 2. The highest BCUT2D eigenvalue weighted by atomic mass is 16.5. The highest BCUT2D eigenvalue weighted by molar-refractivity contribution is 5.61. The molecule has 0 radical (unpaired) electrons. The van der Waals surface area contributed by atoms with E-state index in [2.05, 4.69) is 22.3 Å². The second-order valence-electron chi connectivity index (χ2n) is 5.29. The van der Waals surface area contributed by atoms with Crippen LogP contribution in [0.25, 0.3) is 6.08 Å². The van der Waals surface area contributed by atoms with Crippen LogP contribution in [-0.4, -0.2) is 10.2 Å². The molecule has 0 spiro atoms. The summed E-state index contributed by atoms with van der Waals surface area (Å²) < 4.78 is 5.45. The monoisotopic (exact) mass is 292 g/mol. The number of aryl methyl sites for hydroxylation is 1. The molecule has 3 N–H and O–H groups in total. The number of aromatic nitrogens is 2. The largest absolute Gasteiger partial charge is 0.420 e. The Bertz CT molecular complexity index is 809. The molecule has 0 amide bonds. The third-order valence-electron chi connectivity index (χ3n) is 3.78. The first-order chi connectivity index (χ1) is 10.6. The zero-order valence-electron chi connectivity index (χ0n) is 12.4. The number of aromatic amines is 1. The summed E-state index contributed by atoms with van der Waals surface area (Å²) in [5.41, 5.74) is 10.1. The number of nitrogens with two attached hydrogens (primary N) is 1. The number of allylic oxidation sites excluding steroid dienone is 2. The maximum Gasteiger partial charge on any atom is 0.244 e. The van der Waals surface area contributed by atoms with Gasteiger partial charge in [-0.15, -0.1) is 5.10 Å². The Morgan fingerprint density at radius 3 is 2.82 bits per heavy atom. The van der Waals surface area contributed by atoms with Crippen molar-refractivity contribution in [3.8, 4) is 11.9 Å². The molecule has 0 saturated heterocycles. The Morgan fingerprint density at radius 1 is 1.41 bits per heavy atom. The molecule has 1 aromatic heterocycles. The van der Waals surface area contributed by atoms with Crippen LogP contribution in [0.4, 0.5) is 0 Å². The predicted molar refractivity (Wildman–Crippen MR) is 83.6 cm³/mol. The maximum atomic E-state index is 9.48. The van der Waals surface area contributed by atoms with Gasteiger partial charge in [-0.25, -0.2) is 0 Å². The summed E-state index contributed by atoms with van der Waals surface area (Å²) in [4.78, 5) is 0. The van der Waals surface area contributed by atoms with Gasteiger partial charge in [0.25, 0.3) is 0 Å². The van der Waals surface area contributed by atoms with Gasteiger partial charge in [-0.05, 0) is 19.4 Å². The van der Waals surface area contributed by atoms with E-state index in [1.807, 2.05) is 44.2 Å². The van der Waals surface area contributed by atoms with Gasteiger partial charge in [0.1, 0.15) is 11.6 Å². The second-order valence-corrected chi connectivity index (χ2v) is 5.29. The maximum absolute atomic E-state index is 9.48. The lowest BCUT2D eigenvalue weighted by molar-refractivity contribution is 0.378. The van der Waals surface area contributed by atoms with Crippen LogP contribution in [-0.2, 0) is 0 Å². The van der Waals surface area contributed by atoms with Crippen LogP contribution < -0.4 is 10.5 Å². The smallest absolute Gasteiger partial charge is 0.244 e. The molecule has 2 heterocycles. The molecule has 1 aliphatic heterocycles. The Balaban J connectivity index is 2.13. The average Bonchev–Trinajstić information content (AvgIpc) is 2.87. The molecule has 0 fully saturated rings. The number of nitriles is 1. The Hall–Kier alpha value is -3.00. The fraction of sp³-hybridized carbons (Fsp3) is 0.176. The van der Waals surface area contributed by atoms with Crippen molar-refractivity contribution in [3.63, 3.8) is 0 Å². The number of hydrogen-bond donors (Lipinski definition) is 2. The number of rotatable bonds is 2. The lowest BCUT2D eigenvalue weighted by atomic mass is 9.84. The van der Waals surface area contributed by atoms with Gasteiger partial charge >= 0.3 is 0 Å². The van der Waals surface area contributed by atoms with Crippen LogP contribution in [0, 0.1) is 18.3 Å². The minimum Gasteiger partial charge on any atom is -0.420 e. The highest BCUT2D eigenvalue weighted by Gasteiger charge is 2.33. The molecule has 1 atom stereocenters. The fourth-order valence-corrected chi connectivity index (χ4v) is 2.75. The Labute approximate surface area is 128 Å². The topological polar surface area (TPSA) is 87.7 Å². The van der Waals surface area contributed by atoms with Crippen LogP contribution in [0.5, 0.6) is 5.88 Å². The molecule has 5 nitrogen and oxygen atoms in total. The van der Waals surface area contributed by atoms with E-state index in [-0.39, 0.29) is 11.8 Å². The fourth-order valence-electron chi connectivity index (χ4n) is 2.75. The molecule has 0 saturated carbocycles. The Morgan fingerprint density at radius 2 is 2.14 bits per heavy atom. The van der Waals surface area contributed by atoms with Gasteiger partial charge in [0.15, 0.2) is 0 Å². The molecule has 1 unspecified atom stereocenters. The number of nitrogens with one attached hydrogen (secondary N) is 1. The SMILES string of the molecule is CC(=Cc1ccccc1)C1C(C#N)=C(N)Oc2n[nH]c(C)c21. The van der Waals surface area contributed by atoms with Gasteiger partial charge in [-0.3, -0.25) is 5.10 Å². The summed E-state index contributed by atoms with van der Waals surface area (Å²) >= 11 is 0. The molecule has 2 aromatic rings. The van der Waals surface area contributed by atoms with Gasteiger partial charge in [0.2, 0.25) is 11.8 Å². The van der Waals surface area contributed by atoms with Gasteiger partial charge in [-0.2, -0.15) is 5.26 Å². The molecular weight excluding hydrogens is 276 g/mol. The second kappa shape index (κ2) is 5.41. The lowest BCUT2D eigenvalue weighted by Crippen LogP contribution is -2.21. The van der Waals surface area contributed by atoms with Gasteiger partial charge < -0.3 is 10.5 Å². The lowest BCUT2D eigenvalue weighted by Gasteiger charge is -2.24. The van der Waals surface area contributed by atoms with Crippen molar-refractivity contribution in [1.29, 1.82) is 5.26 Å². The average molecular weight is 292 g/mol. The zero-order chi connectivity index (χ0) is 15.7. The molecule has 110 valence electrons. The van der Waals surface area contributed by atoms with E-state index in [0.717, 1.165) is 22.4 Å². The van der Waals surface area contributed by atoms with Crippen LogP contribution in [0.2, 0.25) is 0 Å². The third kappa shape index (κ3) is 2.25. The summed E-state index contributed by atoms with van der Waals surface area (Å²) in [6.45, 7) is 3.90. The summed E-state index contributed by atoms with van der Waals surface area (Å²) in [6, 6.07) is 12.1. The van der Waals surface area contributed by atoms with E-state index in [9.17, 15) is 5.26 Å². The molecule has 1 aromatic carbocycles. The zero-order valence-corrected chi connectivity index (χ0v) is 12.4. The first kappa shape index (κ1) is 14.0. The minimum atomic E-state index is -0.243. The van der Waals surface area contributed by atoms with Crippen molar-refractivity contribution in [3.05, 3.63) is 64.2 Å². The van der Waals surface area contributed by atoms with Crippen molar-refractivity contribution < 1.29 is 4.74 Å². The predicted octanol–water partition coefficient (Wildman–Crippen LogP) is 2.99. The van der Waals surface area contributed by atoms with Crippen molar-refractivity contribution in [2.45, 2.75) is 19.8 Å². The van der Waals surface area contributed by atoms with Crippen LogP contribution >= 0.6 is 0 Å². The van der Waals surface area contributed by atoms with E-state index in [1.165, 1.54) is 0 Å². The Kier molecular flexibility index (Phi) is 3.43. The summed E-state index contributed by atoms with van der Waals surface area (Å²) in [6.07, 6.45) is 2.05. The summed E-state index contributed by atoms with van der Waals surface area (Å²) in [5.74, 6) is 0.319. The quantitative estimate of drug-likeness (QED) is 0.890. The third-order valence-corrected chi connectivity index (χ3v) is 3.78. The number of benzene rings is 1. The molecule has 22 heavy (non-hydrogen) atoms. The molecule has 5 heteroatoms. The molecule has 3 rings (SSSR count). The number of fused-ring (bicyclic) bond motifs is 1. The van der Waals surface area contributed by atoms with E-state index >= 15 is 0 Å². The normalized spacial score (nSPS) is 17.7. The van der Waals surface area contributed by atoms with E-state index in [4.69, 9.17) is 10.5 Å². The number of hydrogen-bond acceptors (Lipinski definition) is 4. The van der Waals surface area contributed by atoms with E-state index in [1.54, 1.807) is 0 Å². The first-order valence-corrected chi connectivity index (χ1v) is 6.97. The van der Waals surface area contributed by atoms with Crippen molar-refractivity contribution in [1.82, 2.24) is 10.2 Å². The number of ether oxygens (including phenoxy) is 1. The van der Waals surface area contributed by atoms with Crippen LogP contribution in [0.1, 0.15) is 29.7 Å². The number of H-pyrrole nitrogens is 1. The highest BCUT2D eigenvalue weighted by Crippen LogP contribution is 2.42. The molecular formula is C17H16N4O. The van der Waals surface area contributed by atoms with E-state index < -0.39 is 0 Å². The molecule has 0 bridgehead atoms. The van der Waals surface area contributed by atoms with Crippen LogP contribution in [0.15, 0.2) is 47.4 Å². The van der Waals surface area contributed by atoms with Gasteiger partial charge in [-0.1, -0.05) is 42.0 Å². The van der Waals surface area contributed by atoms with Crippen LogP contribution in [0.3, 0.4) is 0 Å².